The molecule has 0 bridgehead atoms. The predicted molar refractivity (Wildman–Crippen MR) is 147 cm³/mol. The van der Waals surface area contributed by atoms with Gasteiger partial charge in [-0.2, -0.15) is 10.1 Å². The van der Waals surface area contributed by atoms with Gasteiger partial charge >= 0.3 is 5.69 Å². The number of nitrogens with one attached hydrogen (secondary N) is 2. The summed E-state index contributed by atoms with van der Waals surface area (Å²) >= 11 is 0. The lowest BCUT2D eigenvalue weighted by atomic mass is 10.1. The van der Waals surface area contributed by atoms with Crippen molar-refractivity contribution in [2.75, 3.05) is 5.32 Å². The number of benzene rings is 3. The van der Waals surface area contributed by atoms with E-state index in [1.807, 2.05) is 65.5 Å². The van der Waals surface area contributed by atoms with Crippen LogP contribution in [0.1, 0.15) is 11.5 Å². The van der Waals surface area contributed by atoms with Gasteiger partial charge in [-0.1, -0.05) is 35.5 Å². The zero-order valence-corrected chi connectivity index (χ0v) is 20.9. The Balaban J connectivity index is 1.16. The lowest BCUT2D eigenvalue weighted by molar-refractivity contribution is 0.354. The van der Waals surface area contributed by atoms with Crippen LogP contribution in [-0.2, 0) is 13.1 Å². The second kappa shape index (κ2) is 9.51. The summed E-state index contributed by atoms with van der Waals surface area (Å²) in [5, 5.41) is 23.6. The van der Waals surface area contributed by atoms with E-state index in [4.69, 9.17) is 4.52 Å². The van der Waals surface area contributed by atoms with Crippen molar-refractivity contribution in [2.24, 2.45) is 0 Å². The van der Waals surface area contributed by atoms with Crippen molar-refractivity contribution in [1.29, 1.82) is 0 Å². The molecule has 4 heterocycles. The maximum absolute atomic E-state index is 11.8. The third-order valence-electron chi connectivity index (χ3n) is 6.58. The second-order valence-electron chi connectivity index (χ2n) is 9.19. The standard InChI is InChI=1S/C28H21N9O3/c38-25-13-29-28(39)36(25)15-24-34-26(35-40-24)18-6-8-22-21(11-18)27(31-16-30-22)33-20-7-9-23-19(10-20)12-32-37(23)14-17-4-2-1-3-5-17/h1-13,16,38H,14-15H2,(H,29,39)(H,30,31,33). The molecular formula is C28H21N9O3. The molecule has 3 N–H and O–H groups in total. The molecule has 0 saturated heterocycles. The summed E-state index contributed by atoms with van der Waals surface area (Å²) in [6.07, 6.45) is 4.56. The number of anilines is 2. The smallest absolute Gasteiger partial charge is 0.328 e. The normalized spacial score (nSPS) is 11.4. The Morgan fingerprint density at radius 3 is 2.75 bits per heavy atom. The van der Waals surface area contributed by atoms with E-state index in [0.29, 0.717) is 23.8 Å². The van der Waals surface area contributed by atoms with Gasteiger partial charge in [-0.15, -0.1) is 0 Å². The molecule has 0 aliphatic heterocycles. The van der Waals surface area contributed by atoms with Crippen LogP contribution in [0.5, 0.6) is 5.88 Å². The Labute approximate surface area is 225 Å². The van der Waals surface area contributed by atoms with Gasteiger partial charge in [0.25, 0.3) is 0 Å². The molecule has 4 aromatic heterocycles. The monoisotopic (exact) mass is 531 g/mol. The molecule has 0 radical (unpaired) electrons. The number of hydrogen-bond acceptors (Lipinski definition) is 9. The quantitative estimate of drug-likeness (QED) is 0.276. The van der Waals surface area contributed by atoms with Gasteiger partial charge in [0.05, 0.1) is 30.0 Å². The lowest BCUT2D eigenvalue weighted by Gasteiger charge is -2.10. The number of aromatic hydroxyl groups is 1. The molecule has 0 unspecified atom stereocenters. The number of fused-ring (bicyclic) bond motifs is 2. The van der Waals surface area contributed by atoms with E-state index in [9.17, 15) is 9.90 Å². The van der Waals surface area contributed by atoms with Crippen molar-refractivity contribution in [3.05, 3.63) is 107 Å². The number of aromatic amines is 1. The van der Waals surface area contributed by atoms with Crippen molar-refractivity contribution in [2.45, 2.75) is 13.1 Å². The van der Waals surface area contributed by atoms with Crippen molar-refractivity contribution >= 4 is 33.3 Å². The minimum Gasteiger partial charge on any atom is -0.493 e. The fraction of sp³-hybridized carbons (Fsp3) is 0.0714. The van der Waals surface area contributed by atoms with Crippen LogP contribution in [0, 0.1) is 0 Å². The molecule has 0 aliphatic rings. The zero-order valence-electron chi connectivity index (χ0n) is 20.9. The van der Waals surface area contributed by atoms with Crippen LogP contribution in [0.2, 0.25) is 0 Å². The molecule has 12 heteroatoms. The molecule has 3 aromatic carbocycles. The van der Waals surface area contributed by atoms with E-state index >= 15 is 0 Å². The van der Waals surface area contributed by atoms with E-state index in [0.717, 1.165) is 32.1 Å². The summed E-state index contributed by atoms with van der Waals surface area (Å²) in [7, 11) is 0. The van der Waals surface area contributed by atoms with Gasteiger partial charge in [-0.3, -0.25) is 9.25 Å². The molecule has 7 aromatic rings. The first-order valence-electron chi connectivity index (χ1n) is 12.4. The molecule has 0 saturated carbocycles. The van der Waals surface area contributed by atoms with Gasteiger partial charge in [0, 0.05) is 22.0 Å². The average Bonchev–Trinajstić information content (AvgIpc) is 3.70. The van der Waals surface area contributed by atoms with Gasteiger partial charge in [0.15, 0.2) is 0 Å². The number of hydrogen-bond donors (Lipinski definition) is 3. The molecule has 7 rings (SSSR count). The first-order valence-corrected chi connectivity index (χ1v) is 12.4. The van der Waals surface area contributed by atoms with Crippen LogP contribution in [-0.4, -0.2) is 44.5 Å². The highest BCUT2D eigenvalue weighted by molar-refractivity contribution is 5.94. The van der Waals surface area contributed by atoms with Crippen LogP contribution >= 0.6 is 0 Å². The summed E-state index contributed by atoms with van der Waals surface area (Å²) in [5.74, 6) is 0.915. The third-order valence-corrected chi connectivity index (χ3v) is 6.58. The number of rotatable bonds is 7. The Morgan fingerprint density at radius 2 is 1.90 bits per heavy atom. The largest absolute Gasteiger partial charge is 0.493 e. The highest BCUT2D eigenvalue weighted by atomic mass is 16.5. The first-order chi connectivity index (χ1) is 19.6. The van der Waals surface area contributed by atoms with Crippen LogP contribution in [0.3, 0.4) is 0 Å². The molecule has 0 spiro atoms. The molecule has 12 nitrogen and oxygen atoms in total. The molecule has 0 aliphatic carbocycles. The highest BCUT2D eigenvalue weighted by Crippen LogP contribution is 2.29. The maximum Gasteiger partial charge on any atom is 0.328 e. The van der Waals surface area contributed by atoms with Crippen LogP contribution in [0.4, 0.5) is 11.5 Å². The Bertz CT molecular complexity index is 2040. The van der Waals surface area contributed by atoms with Gasteiger partial charge in [0.2, 0.25) is 17.6 Å². The Morgan fingerprint density at radius 1 is 1.00 bits per heavy atom. The topological polar surface area (TPSA) is 153 Å². The van der Waals surface area contributed by atoms with E-state index in [1.54, 1.807) is 0 Å². The van der Waals surface area contributed by atoms with Gasteiger partial charge in [-0.05, 0) is 42.0 Å². The minimum atomic E-state index is -0.474. The summed E-state index contributed by atoms with van der Waals surface area (Å²) in [6, 6.07) is 21.9. The Kier molecular flexibility index (Phi) is 5.55. The second-order valence-corrected chi connectivity index (χ2v) is 9.19. The summed E-state index contributed by atoms with van der Waals surface area (Å²) in [4.78, 5) is 27.5. The van der Waals surface area contributed by atoms with Crippen molar-refractivity contribution < 1.29 is 9.63 Å². The molecule has 196 valence electrons. The van der Waals surface area contributed by atoms with Crippen LogP contribution in [0.15, 0.2) is 94.8 Å². The third kappa shape index (κ3) is 4.32. The van der Waals surface area contributed by atoms with Crippen molar-refractivity contribution in [3.8, 4) is 17.3 Å². The van der Waals surface area contributed by atoms with Crippen LogP contribution in [0.25, 0.3) is 33.2 Å². The molecule has 0 amide bonds. The number of H-pyrrole nitrogens is 1. The first kappa shape index (κ1) is 23.3. The van der Waals surface area contributed by atoms with Crippen LogP contribution < -0.4 is 11.0 Å². The van der Waals surface area contributed by atoms with Gasteiger partial charge in [0.1, 0.15) is 18.7 Å². The van der Waals surface area contributed by atoms with Crippen molar-refractivity contribution in [1.82, 2.24) is 39.4 Å². The predicted octanol–water partition coefficient (Wildman–Crippen LogP) is 4.07. The SMILES string of the molecule is O=c1[nH]cc(O)n1Cc1nc(-c2ccc3ncnc(Nc4ccc5c(cnn5Cc5ccccc5)c4)c3c2)no1. The Hall–Kier alpha value is -5.78. The maximum atomic E-state index is 11.8. The summed E-state index contributed by atoms with van der Waals surface area (Å²) < 4.78 is 8.39. The number of imidazole rings is 1. The highest BCUT2D eigenvalue weighted by Gasteiger charge is 2.15. The van der Waals surface area contributed by atoms with E-state index in [2.05, 4.69) is 47.6 Å². The number of aromatic nitrogens is 8. The summed E-state index contributed by atoms with van der Waals surface area (Å²) in [6.45, 7) is 0.631. The fourth-order valence-electron chi connectivity index (χ4n) is 4.59. The summed E-state index contributed by atoms with van der Waals surface area (Å²) in [5.41, 5.74) is 4.03. The molecule has 0 atom stereocenters. The molecule has 0 fully saturated rings. The average molecular weight is 532 g/mol. The van der Waals surface area contributed by atoms with E-state index < -0.39 is 5.69 Å². The van der Waals surface area contributed by atoms with E-state index in [1.165, 1.54) is 18.1 Å². The fourth-order valence-corrected chi connectivity index (χ4v) is 4.59. The van der Waals surface area contributed by atoms with Gasteiger partial charge < -0.3 is 19.9 Å². The lowest BCUT2D eigenvalue weighted by Crippen LogP contribution is -2.17. The minimum absolute atomic E-state index is 0.0604. The van der Waals surface area contributed by atoms with Crippen molar-refractivity contribution in [3.63, 3.8) is 0 Å². The molecular weight excluding hydrogens is 510 g/mol. The van der Waals surface area contributed by atoms with Gasteiger partial charge in [-0.25, -0.2) is 14.8 Å². The molecule has 40 heavy (non-hydrogen) atoms. The number of nitrogens with zero attached hydrogens (tertiary/aromatic N) is 7. The van der Waals surface area contributed by atoms with E-state index in [-0.39, 0.29) is 18.3 Å². The zero-order chi connectivity index (χ0) is 27.1.